The Balaban J connectivity index is -0.0000000800. The molecule has 0 radical (unpaired) electrons. The molecule has 0 fully saturated rings. The third kappa shape index (κ3) is 77.1. The summed E-state index contributed by atoms with van der Waals surface area (Å²) in [5.74, 6) is 0. The number of hydrogen-bond donors (Lipinski definition) is 3. The Bertz CT molecular complexity index is 57.8. The maximum absolute atomic E-state index is 8.88. The van der Waals surface area contributed by atoms with Gasteiger partial charge in [-0.2, -0.15) is 0 Å². The molecule has 0 aromatic carbocycles. The zero-order valence-corrected chi connectivity index (χ0v) is 4.32. The van der Waals surface area contributed by atoms with Crippen LogP contribution in [0.4, 0.5) is 0 Å². The molecular weight excluding hydrogens is 218 g/mol. The number of halogens is 1. The van der Waals surface area contributed by atoms with Gasteiger partial charge in [0.25, 0.3) is 0 Å². The van der Waals surface area contributed by atoms with Gasteiger partial charge in [0, 0.05) is 0 Å². The molecule has 0 aliphatic carbocycles. The molecule has 0 rings (SSSR count). The molecule has 0 saturated heterocycles. The average molecular weight is 224 g/mol. The van der Waals surface area contributed by atoms with Gasteiger partial charge >= 0.3 is 53.3 Å². The van der Waals surface area contributed by atoms with E-state index in [9.17, 15) is 0 Å². The van der Waals surface area contributed by atoms with Gasteiger partial charge in [0.15, 0.2) is 0 Å². The van der Waals surface area contributed by atoms with Crippen molar-refractivity contribution in [1.82, 2.24) is 0 Å². The predicted molar refractivity (Wildman–Crippen MR) is 30.1 cm³/mol. The van der Waals surface area contributed by atoms with E-state index in [1.165, 1.54) is 0 Å². The minimum atomic E-state index is -4.64. The van der Waals surface area contributed by atoms with Crippen molar-refractivity contribution in [3.05, 3.63) is 0 Å². The number of phosphoric acid groups is 1. The number of rotatable bonds is 0. The first-order valence-electron chi connectivity index (χ1n) is 0.783. The van der Waals surface area contributed by atoms with Crippen molar-refractivity contribution in [3.63, 3.8) is 0 Å². The van der Waals surface area contributed by atoms with Crippen LogP contribution >= 0.6 is 20.2 Å². The molecule has 0 aromatic rings. The van der Waals surface area contributed by atoms with Gasteiger partial charge < -0.3 is 14.7 Å². The third-order valence-corrected chi connectivity index (χ3v) is 0. The molecule has 0 spiro atoms. The number of hydrogen-bond acceptors (Lipinski definition) is 1. The van der Waals surface area contributed by atoms with Crippen molar-refractivity contribution in [3.8, 4) is 0 Å². The summed E-state index contributed by atoms with van der Waals surface area (Å²) in [6.07, 6.45) is 0. The van der Waals surface area contributed by atoms with Gasteiger partial charge in [-0.3, -0.25) is 0 Å². The molecule has 0 saturated carbocycles. The van der Waals surface area contributed by atoms with Crippen LogP contribution in [0, 0.1) is 0 Å². The van der Waals surface area contributed by atoms with Crippen LogP contribution in [-0.4, -0.2) is 60.2 Å². The molecule has 0 unspecified atom stereocenters. The minimum absolute atomic E-state index is 0. The second-order valence-corrected chi connectivity index (χ2v) is 1.54. The zero-order valence-electron chi connectivity index (χ0n) is 2.61. The SMILES string of the molecule is Cl.O=P(O)(O)O.[SrH2]. The van der Waals surface area contributed by atoms with Crippen LogP contribution in [0.5, 0.6) is 0 Å². The van der Waals surface area contributed by atoms with Crippen LogP contribution in [0.1, 0.15) is 0 Å². The van der Waals surface area contributed by atoms with Crippen LogP contribution in [0.25, 0.3) is 0 Å². The summed E-state index contributed by atoms with van der Waals surface area (Å²) >= 11 is 0. The molecule has 0 amide bonds. The van der Waals surface area contributed by atoms with Crippen molar-refractivity contribution >= 4 is 65.7 Å². The van der Waals surface area contributed by atoms with Crippen LogP contribution in [0.3, 0.4) is 0 Å². The fourth-order valence-electron chi connectivity index (χ4n) is 0. The quantitative estimate of drug-likeness (QED) is 0.348. The molecule has 7 heavy (non-hydrogen) atoms. The van der Waals surface area contributed by atoms with E-state index in [1.54, 1.807) is 0 Å². The first-order chi connectivity index (χ1) is 2.00. The van der Waals surface area contributed by atoms with Gasteiger partial charge in [-0.25, -0.2) is 4.57 Å². The van der Waals surface area contributed by atoms with E-state index in [0.717, 1.165) is 0 Å². The van der Waals surface area contributed by atoms with Crippen molar-refractivity contribution in [2.75, 3.05) is 0 Å². The van der Waals surface area contributed by atoms with Crippen molar-refractivity contribution in [2.45, 2.75) is 0 Å². The molecule has 44 valence electrons. The summed E-state index contributed by atoms with van der Waals surface area (Å²) < 4.78 is 8.88. The van der Waals surface area contributed by atoms with E-state index in [-0.39, 0.29) is 57.9 Å². The topological polar surface area (TPSA) is 77.8 Å². The maximum atomic E-state index is 8.88. The van der Waals surface area contributed by atoms with Gasteiger partial charge in [-0.1, -0.05) is 0 Å². The van der Waals surface area contributed by atoms with Crippen molar-refractivity contribution in [1.29, 1.82) is 0 Å². The fraction of sp³-hybridized carbons (Fsp3) is 0. The molecule has 7 heteroatoms. The van der Waals surface area contributed by atoms with Crippen LogP contribution < -0.4 is 0 Å². The molecule has 0 aliphatic rings. The van der Waals surface area contributed by atoms with E-state index in [4.69, 9.17) is 19.2 Å². The van der Waals surface area contributed by atoms with Crippen molar-refractivity contribution in [2.24, 2.45) is 0 Å². The summed E-state index contributed by atoms with van der Waals surface area (Å²) in [6, 6.07) is 0. The summed E-state index contributed by atoms with van der Waals surface area (Å²) in [5, 5.41) is 0. The average Bonchev–Trinajstić information content (AvgIpc) is 0.722. The van der Waals surface area contributed by atoms with E-state index < -0.39 is 7.82 Å². The molecule has 0 atom stereocenters. The molecular formula is H6ClO4PSr. The Hall–Kier alpha value is 1.88. The summed E-state index contributed by atoms with van der Waals surface area (Å²) in [7, 11) is -4.64. The van der Waals surface area contributed by atoms with E-state index >= 15 is 0 Å². The standard InChI is InChI=1S/ClH.H3O4P.Sr.2H/c;1-5(2,3)4;;;/h1H;(H3,1,2,3,4);;;. The van der Waals surface area contributed by atoms with Gasteiger partial charge in [0.05, 0.1) is 0 Å². The second-order valence-electron chi connectivity index (χ2n) is 0.513. The Kier molecular flexibility index (Phi) is 13.7. The Morgan fingerprint density at radius 1 is 1.14 bits per heavy atom. The normalized spacial score (nSPS) is 8.43. The van der Waals surface area contributed by atoms with E-state index in [2.05, 4.69) is 0 Å². The first-order valence-corrected chi connectivity index (χ1v) is 2.35. The Labute approximate surface area is 83.8 Å². The summed E-state index contributed by atoms with van der Waals surface area (Å²) in [4.78, 5) is 21.6. The van der Waals surface area contributed by atoms with E-state index in [1.807, 2.05) is 0 Å². The Morgan fingerprint density at radius 2 is 1.14 bits per heavy atom. The van der Waals surface area contributed by atoms with Gasteiger partial charge in [0.1, 0.15) is 0 Å². The van der Waals surface area contributed by atoms with Gasteiger partial charge in [-0.05, 0) is 0 Å². The van der Waals surface area contributed by atoms with Gasteiger partial charge in [0.2, 0.25) is 0 Å². The molecule has 0 aliphatic heterocycles. The zero-order chi connectivity index (χ0) is 4.50. The Morgan fingerprint density at radius 3 is 1.14 bits per heavy atom. The molecule has 0 aromatic heterocycles. The molecule has 0 heterocycles. The van der Waals surface area contributed by atoms with Crippen molar-refractivity contribution < 1.29 is 19.2 Å². The monoisotopic (exact) mass is 224 g/mol. The van der Waals surface area contributed by atoms with E-state index in [0.29, 0.717) is 0 Å². The first kappa shape index (κ1) is 15.9. The molecule has 0 bridgehead atoms. The van der Waals surface area contributed by atoms with Gasteiger partial charge in [-0.15, -0.1) is 12.4 Å². The van der Waals surface area contributed by atoms with Crippen LogP contribution in [-0.2, 0) is 4.57 Å². The summed E-state index contributed by atoms with van der Waals surface area (Å²) in [5.41, 5.74) is 0. The second kappa shape index (κ2) is 6.01. The third-order valence-electron chi connectivity index (χ3n) is 0. The van der Waals surface area contributed by atoms with Crippen LogP contribution in [0.2, 0.25) is 0 Å². The molecule has 3 N–H and O–H groups in total. The fourth-order valence-corrected chi connectivity index (χ4v) is 0. The molecule has 4 nitrogen and oxygen atoms in total. The summed E-state index contributed by atoms with van der Waals surface area (Å²) in [6.45, 7) is 0. The predicted octanol–water partition coefficient (Wildman–Crippen LogP) is -1.42. The van der Waals surface area contributed by atoms with Crippen LogP contribution in [0.15, 0.2) is 0 Å².